The molecule has 2 N–H and O–H groups in total. The number of nitrogens with one attached hydrogen (secondary N) is 2. The van der Waals surface area contributed by atoms with Gasteiger partial charge in [0.05, 0.1) is 0 Å². The van der Waals surface area contributed by atoms with Gasteiger partial charge in [0, 0.05) is 19.0 Å². The van der Waals surface area contributed by atoms with Crippen molar-refractivity contribution in [3.8, 4) is 0 Å². The smallest absolute Gasteiger partial charge is 0.220 e. The van der Waals surface area contributed by atoms with Gasteiger partial charge in [-0.3, -0.25) is 4.79 Å². The summed E-state index contributed by atoms with van der Waals surface area (Å²) < 4.78 is 0. The molecule has 1 aliphatic heterocycles. The average molecular weight is 266 g/mol. The Bertz CT molecular complexity index is 274. The summed E-state index contributed by atoms with van der Waals surface area (Å²) in [4.78, 5) is 11.8. The van der Waals surface area contributed by atoms with Crippen LogP contribution in [0.25, 0.3) is 0 Å². The maximum Gasteiger partial charge on any atom is 0.220 e. The second-order valence-electron chi connectivity index (χ2n) is 6.61. The van der Waals surface area contributed by atoms with Crippen LogP contribution in [0.5, 0.6) is 0 Å². The molecule has 0 radical (unpaired) electrons. The van der Waals surface area contributed by atoms with E-state index < -0.39 is 0 Å². The Balaban J connectivity index is 1.51. The van der Waals surface area contributed by atoms with Crippen molar-refractivity contribution >= 4 is 5.91 Å². The first-order valence-electron chi connectivity index (χ1n) is 8.24. The molecule has 2 fully saturated rings. The quantitative estimate of drug-likeness (QED) is 0.776. The molecule has 0 aromatic carbocycles. The Morgan fingerprint density at radius 2 is 2.11 bits per heavy atom. The lowest BCUT2D eigenvalue weighted by Crippen LogP contribution is -2.29. The van der Waals surface area contributed by atoms with Gasteiger partial charge < -0.3 is 10.6 Å². The minimum atomic E-state index is 0.248. The fourth-order valence-corrected chi connectivity index (χ4v) is 3.63. The third-order valence-electron chi connectivity index (χ3n) is 4.80. The zero-order chi connectivity index (χ0) is 13.5. The van der Waals surface area contributed by atoms with Crippen LogP contribution in [0.15, 0.2) is 0 Å². The third-order valence-corrected chi connectivity index (χ3v) is 4.80. The summed E-state index contributed by atoms with van der Waals surface area (Å²) >= 11 is 0. The number of hydrogen-bond donors (Lipinski definition) is 2. The highest BCUT2D eigenvalue weighted by Gasteiger charge is 2.19. The molecule has 110 valence electrons. The zero-order valence-corrected chi connectivity index (χ0v) is 12.4. The van der Waals surface area contributed by atoms with Crippen molar-refractivity contribution in [1.82, 2.24) is 10.6 Å². The fourth-order valence-electron chi connectivity index (χ4n) is 3.63. The lowest BCUT2D eigenvalue weighted by molar-refractivity contribution is -0.121. The second-order valence-corrected chi connectivity index (χ2v) is 6.61. The summed E-state index contributed by atoms with van der Waals surface area (Å²) in [7, 11) is 0. The molecule has 0 aromatic heterocycles. The lowest BCUT2D eigenvalue weighted by Gasteiger charge is -2.26. The predicted octanol–water partition coefficient (Wildman–Crippen LogP) is 2.85. The van der Waals surface area contributed by atoms with Crippen molar-refractivity contribution in [2.24, 2.45) is 11.8 Å². The fraction of sp³-hybridized carbons (Fsp3) is 0.938. The van der Waals surface area contributed by atoms with Gasteiger partial charge in [-0.25, -0.2) is 0 Å². The molecule has 0 bridgehead atoms. The maximum atomic E-state index is 11.8. The van der Waals surface area contributed by atoms with Crippen LogP contribution in [-0.2, 0) is 4.79 Å². The molecule has 2 aliphatic rings. The molecule has 3 atom stereocenters. The molecule has 0 spiro atoms. The average Bonchev–Trinajstić information content (AvgIpc) is 2.89. The van der Waals surface area contributed by atoms with Crippen LogP contribution in [-0.4, -0.2) is 25.0 Å². The first-order valence-corrected chi connectivity index (χ1v) is 8.24. The lowest BCUT2D eigenvalue weighted by atomic mass is 9.81. The van der Waals surface area contributed by atoms with Crippen LogP contribution in [0.1, 0.15) is 64.7 Å². The summed E-state index contributed by atoms with van der Waals surface area (Å²) in [6.07, 6.45) is 10.9. The summed E-state index contributed by atoms with van der Waals surface area (Å²) in [6.45, 7) is 4.37. The van der Waals surface area contributed by atoms with Gasteiger partial charge >= 0.3 is 0 Å². The van der Waals surface area contributed by atoms with Crippen LogP contribution in [0.2, 0.25) is 0 Å². The van der Waals surface area contributed by atoms with Crippen molar-refractivity contribution in [1.29, 1.82) is 0 Å². The van der Waals surface area contributed by atoms with Crippen LogP contribution in [0.4, 0.5) is 0 Å². The molecule has 19 heavy (non-hydrogen) atoms. The van der Waals surface area contributed by atoms with E-state index in [0.717, 1.165) is 31.3 Å². The zero-order valence-electron chi connectivity index (χ0n) is 12.4. The number of carbonyl (C=O) groups is 1. The van der Waals surface area contributed by atoms with E-state index in [9.17, 15) is 4.79 Å². The summed E-state index contributed by atoms with van der Waals surface area (Å²) in [5, 5.41) is 6.55. The van der Waals surface area contributed by atoms with Crippen LogP contribution < -0.4 is 10.6 Å². The van der Waals surface area contributed by atoms with Gasteiger partial charge in [-0.1, -0.05) is 26.2 Å². The van der Waals surface area contributed by atoms with E-state index in [0.29, 0.717) is 12.5 Å². The molecule has 3 heteroatoms. The molecule has 3 nitrogen and oxygen atoms in total. The van der Waals surface area contributed by atoms with E-state index in [1.54, 1.807) is 0 Å². The van der Waals surface area contributed by atoms with Crippen molar-refractivity contribution < 1.29 is 4.79 Å². The molecule has 1 saturated heterocycles. The van der Waals surface area contributed by atoms with Gasteiger partial charge in [0.25, 0.3) is 0 Å². The van der Waals surface area contributed by atoms with Crippen molar-refractivity contribution in [3.63, 3.8) is 0 Å². The Kier molecular flexibility index (Phi) is 6.15. The van der Waals surface area contributed by atoms with Crippen molar-refractivity contribution in [2.75, 3.05) is 13.1 Å². The van der Waals surface area contributed by atoms with Crippen LogP contribution in [0, 0.1) is 11.8 Å². The minimum absolute atomic E-state index is 0.248. The van der Waals surface area contributed by atoms with Gasteiger partial charge in [0.2, 0.25) is 5.91 Å². The summed E-state index contributed by atoms with van der Waals surface area (Å²) in [5.41, 5.74) is 0. The van der Waals surface area contributed by atoms with Crippen molar-refractivity contribution in [3.05, 3.63) is 0 Å². The largest absolute Gasteiger partial charge is 0.356 e. The third kappa shape index (κ3) is 5.52. The van der Waals surface area contributed by atoms with E-state index in [1.807, 2.05) is 0 Å². The monoisotopic (exact) mass is 266 g/mol. The Labute approximate surface area is 117 Å². The van der Waals surface area contributed by atoms with Crippen molar-refractivity contribution in [2.45, 2.75) is 70.8 Å². The molecule has 1 aliphatic carbocycles. The normalized spacial score (nSPS) is 31.3. The standard InChI is InChI=1S/C16H30N2O/c1-13-4-2-5-14(12-13)9-11-18-16(19)8-7-15-6-3-10-17-15/h13-15,17H,2-12H2,1H3,(H,18,19). The Morgan fingerprint density at radius 1 is 1.21 bits per heavy atom. The molecule has 1 amide bonds. The second kappa shape index (κ2) is 7.88. The van der Waals surface area contributed by atoms with Gasteiger partial charge in [-0.15, -0.1) is 0 Å². The van der Waals surface area contributed by atoms with E-state index in [1.165, 1.54) is 44.9 Å². The molecular weight excluding hydrogens is 236 g/mol. The highest BCUT2D eigenvalue weighted by Crippen LogP contribution is 2.30. The minimum Gasteiger partial charge on any atom is -0.356 e. The molecule has 1 heterocycles. The number of rotatable bonds is 6. The predicted molar refractivity (Wildman–Crippen MR) is 79.0 cm³/mol. The van der Waals surface area contributed by atoms with Gasteiger partial charge in [-0.2, -0.15) is 0 Å². The first-order chi connectivity index (χ1) is 9.24. The molecule has 1 saturated carbocycles. The maximum absolute atomic E-state index is 11.8. The number of amides is 1. The number of carbonyl (C=O) groups excluding carboxylic acids is 1. The molecule has 2 rings (SSSR count). The van der Waals surface area contributed by atoms with Gasteiger partial charge in [-0.05, 0) is 50.5 Å². The summed E-state index contributed by atoms with van der Waals surface area (Å²) in [5.74, 6) is 1.99. The number of hydrogen-bond acceptors (Lipinski definition) is 2. The SMILES string of the molecule is CC1CCCC(CCNC(=O)CCC2CCCN2)C1. The Morgan fingerprint density at radius 3 is 2.84 bits per heavy atom. The topological polar surface area (TPSA) is 41.1 Å². The first kappa shape index (κ1) is 14.8. The van der Waals surface area contributed by atoms with E-state index in [-0.39, 0.29) is 5.91 Å². The summed E-state index contributed by atoms with van der Waals surface area (Å²) in [6, 6.07) is 0.588. The van der Waals surface area contributed by atoms with Crippen LogP contribution >= 0.6 is 0 Å². The van der Waals surface area contributed by atoms with E-state index in [2.05, 4.69) is 17.6 Å². The highest BCUT2D eigenvalue weighted by molar-refractivity contribution is 5.75. The van der Waals surface area contributed by atoms with E-state index >= 15 is 0 Å². The molecular formula is C16H30N2O. The molecule has 0 aromatic rings. The molecule has 3 unspecified atom stereocenters. The Hall–Kier alpha value is -0.570. The van der Waals surface area contributed by atoms with Crippen LogP contribution in [0.3, 0.4) is 0 Å². The highest BCUT2D eigenvalue weighted by atomic mass is 16.1. The van der Waals surface area contributed by atoms with Gasteiger partial charge in [0.15, 0.2) is 0 Å². The van der Waals surface area contributed by atoms with Gasteiger partial charge in [0.1, 0.15) is 0 Å². The van der Waals surface area contributed by atoms with E-state index in [4.69, 9.17) is 0 Å².